The lowest BCUT2D eigenvalue weighted by molar-refractivity contribution is 0.414. The number of hydrogen-bond acceptors (Lipinski definition) is 3. The molecule has 1 N–H and O–H groups in total. The van der Waals surface area contributed by atoms with Gasteiger partial charge in [0.15, 0.2) is 0 Å². The van der Waals surface area contributed by atoms with Crippen molar-refractivity contribution in [1.82, 2.24) is 0 Å². The van der Waals surface area contributed by atoms with Crippen molar-refractivity contribution in [3.05, 3.63) is 47.8 Å². The highest BCUT2D eigenvalue weighted by molar-refractivity contribution is 5.70. The third-order valence-corrected chi connectivity index (χ3v) is 3.49. The van der Waals surface area contributed by atoms with E-state index in [0.29, 0.717) is 23.3 Å². The number of rotatable bonds is 4. The van der Waals surface area contributed by atoms with Crippen molar-refractivity contribution in [2.45, 2.75) is 20.3 Å². The zero-order valence-corrected chi connectivity index (χ0v) is 12.9. The number of phenolic OH excluding ortho intramolecular Hbond substituents is 1. The number of nitrogens with zero attached hydrogens (tertiary/aromatic N) is 1. The molecule has 0 amide bonds. The molecular weight excluding hydrogens is 281 g/mol. The molecule has 0 bridgehead atoms. The molecule has 0 aromatic heterocycles. The Morgan fingerprint density at radius 2 is 1.91 bits per heavy atom. The maximum absolute atomic E-state index is 14.2. The summed E-state index contributed by atoms with van der Waals surface area (Å²) in [7, 11) is 1.52. The van der Waals surface area contributed by atoms with Gasteiger partial charge in [0.1, 0.15) is 17.3 Å². The van der Waals surface area contributed by atoms with Crippen LogP contribution in [0.3, 0.4) is 0 Å². The highest BCUT2D eigenvalue weighted by Crippen LogP contribution is 2.34. The van der Waals surface area contributed by atoms with Crippen molar-refractivity contribution in [3.8, 4) is 28.7 Å². The Labute approximate surface area is 129 Å². The first-order chi connectivity index (χ1) is 10.4. The van der Waals surface area contributed by atoms with E-state index in [4.69, 9.17) is 4.74 Å². The van der Waals surface area contributed by atoms with Crippen LogP contribution in [0.2, 0.25) is 0 Å². The van der Waals surface area contributed by atoms with Crippen molar-refractivity contribution in [3.63, 3.8) is 0 Å². The fourth-order valence-electron chi connectivity index (χ4n) is 2.34. The van der Waals surface area contributed by atoms with Crippen LogP contribution < -0.4 is 4.74 Å². The van der Waals surface area contributed by atoms with Crippen LogP contribution in [-0.4, -0.2) is 12.2 Å². The predicted octanol–water partition coefficient (Wildman–Crippen LogP) is 4.30. The van der Waals surface area contributed by atoms with Gasteiger partial charge in [-0.3, -0.25) is 0 Å². The smallest absolute Gasteiger partial charge is 0.131 e. The normalized spacial score (nSPS) is 11.0. The number of methoxy groups -OCH3 is 1. The second-order valence-corrected chi connectivity index (χ2v) is 5.86. The molecule has 0 unspecified atom stereocenters. The number of ether oxygens (including phenoxy) is 1. The van der Waals surface area contributed by atoms with Gasteiger partial charge in [0.05, 0.1) is 18.6 Å². The van der Waals surface area contributed by atoms with Crippen LogP contribution in [0.25, 0.3) is 11.1 Å². The Hall–Kier alpha value is -2.54. The second kappa shape index (κ2) is 6.07. The maximum Gasteiger partial charge on any atom is 0.131 e. The van der Waals surface area contributed by atoms with Crippen molar-refractivity contribution >= 4 is 0 Å². The van der Waals surface area contributed by atoms with Crippen LogP contribution in [0, 0.1) is 22.6 Å². The number of nitriles is 1. The van der Waals surface area contributed by atoms with Crippen LogP contribution in [0.4, 0.5) is 4.39 Å². The SMILES string of the molecule is COc1ccc(F)c(-c2ccc(O)cc2CC(C)(C)C#N)c1. The molecular formula is C18H18FNO2. The molecule has 0 saturated heterocycles. The third-order valence-electron chi connectivity index (χ3n) is 3.49. The third kappa shape index (κ3) is 3.37. The van der Waals surface area contributed by atoms with E-state index < -0.39 is 5.41 Å². The monoisotopic (exact) mass is 299 g/mol. The van der Waals surface area contributed by atoms with Crippen molar-refractivity contribution in [1.29, 1.82) is 5.26 Å². The summed E-state index contributed by atoms with van der Waals surface area (Å²) in [6.45, 7) is 3.62. The Morgan fingerprint density at radius 3 is 2.55 bits per heavy atom. The molecule has 2 aromatic rings. The highest BCUT2D eigenvalue weighted by atomic mass is 19.1. The van der Waals surface area contributed by atoms with Crippen LogP contribution in [0.1, 0.15) is 19.4 Å². The van der Waals surface area contributed by atoms with E-state index in [-0.39, 0.29) is 11.6 Å². The van der Waals surface area contributed by atoms with Gasteiger partial charge >= 0.3 is 0 Å². The van der Waals surface area contributed by atoms with Gasteiger partial charge in [0.25, 0.3) is 0 Å². The average molecular weight is 299 g/mol. The Kier molecular flexibility index (Phi) is 4.37. The molecule has 0 fully saturated rings. The average Bonchev–Trinajstić information content (AvgIpc) is 2.48. The Balaban J connectivity index is 2.59. The molecule has 0 aliphatic rings. The summed E-state index contributed by atoms with van der Waals surface area (Å²) in [5.41, 5.74) is 1.15. The van der Waals surface area contributed by atoms with Gasteiger partial charge in [-0.1, -0.05) is 6.07 Å². The van der Waals surface area contributed by atoms with E-state index in [1.807, 2.05) is 13.8 Å². The fraction of sp³-hybridized carbons (Fsp3) is 0.278. The van der Waals surface area contributed by atoms with Crippen LogP contribution >= 0.6 is 0 Å². The zero-order valence-electron chi connectivity index (χ0n) is 12.9. The summed E-state index contributed by atoms with van der Waals surface area (Å²) in [4.78, 5) is 0. The molecule has 0 aliphatic heterocycles. The van der Waals surface area contributed by atoms with Gasteiger partial charge < -0.3 is 9.84 Å². The highest BCUT2D eigenvalue weighted by Gasteiger charge is 2.21. The number of phenols is 1. The molecule has 2 aromatic carbocycles. The maximum atomic E-state index is 14.2. The van der Waals surface area contributed by atoms with E-state index >= 15 is 0 Å². The predicted molar refractivity (Wildman–Crippen MR) is 83.2 cm³/mol. The molecule has 0 aliphatic carbocycles. The molecule has 0 saturated carbocycles. The van der Waals surface area contributed by atoms with Crippen LogP contribution in [-0.2, 0) is 6.42 Å². The first-order valence-corrected chi connectivity index (χ1v) is 6.93. The fourth-order valence-corrected chi connectivity index (χ4v) is 2.34. The van der Waals surface area contributed by atoms with E-state index in [2.05, 4.69) is 6.07 Å². The van der Waals surface area contributed by atoms with E-state index in [9.17, 15) is 14.8 Å². The van der Waals surface area contributed by atoms with Gasteiger partial charge in [-0.05, 0) is 61.7 Å². The van der Waals surface area contributed by atoms with Gasteiger partial charge in [0.2, 0.25) is 0 Å². The van der Waals surface area contributed by atoms with E-state index in [1.54, 1.807) is 24.3 Å². The molecule has 0 spiro atoms. The lowest BCUT2D eigenvalue weighted by Gasteiger charge is -2.19. The van der Waals surface area contributed by atoms with Crippen molar-refractivity contribution in [2.24, 2.45) is 5.41 Å². The van der Waals surface area contributed by atoms with E-state index in [0.717, 1.165) is 5.56 Å². The summed E-state index contributed by atoms with van der Waals surface area (Å²) >= 11 is 0. The summed E-state index contributed by atoms with van der Waals surface area (Å²) in [5.74, 6) is 0.272. The minimum Gasteiger partial charge on any atom is -0.508 e. The molecule has 22 heavy (non-hydrogen) atoms. The number of aromatic hydroxyl groups is 1. The Morgan fingerprint density at radius 1 is 1.18 bits per heavy atom. The molecule has 0 radical (unpaired) electrons. The van der Waals surface area contributed by atoms with Crippen molar-refractivity contribution in [2.75, 3.05) is 7.11 Å². The Bertz CT molecular complexity index is 732. The van der Waals surface area contributed by atoms with Crippen LogP contribution in [0.15, 0.2) is 36.4 Å². The van der Waals surface area contributed by atoms with Crippen LogP contribution in [0.5, 0.6) is 11.5 Å². The summed E-state index contributed by atoms with van der Waals surface area (Å²) in [6.07, 6.45) is 0.407. The molecule has 0 heterocycles. The minimum absolute atomic E-state index is 0.0933. The molecule has 4 heteroatoms. The number of hydrogen-bond donors (Lipinski definition) is 1. The first-order valence-electron chi connectivity index (χ1n) is 6.93. The lowest BCUT2D eigenvalue weighted by atomic mass is 9.84. The number of benzene rings is 2. The number of halogens is 1. The molecule has 114 valence electrons. The minimum atomic E-state index is -0.613. The standard InChI is InChI=1S/C18H18FNO2/c1-18(2,11-20)10-12-8-13(21)4-6-15(12)16-9-14(22-3)5-7-17(16)19/h4-9,21H,10H2,1-3H3. The summed E-state index contributed by atoms with van der Waals surface area (Å²) < 4.78 is 19.4. The second-order valence-electron chi connectivity index (χ2n) is 5.86. The quantitative estimate of drug-likeness (QED) is 0.915. The van der Waals surface area contributed by atoms with Gasteiger partial charge in [-0.25, -0.2) is 4.39 Å². The first kappa shape index (κ1) is 15.8. The van der Waals surface area contributed by atoms with E-state index in [1.165, 1.54) is 19.2 Å². The zero-order chi connectivity index (χ0) is 16.3. The summed E-state index contributed by atoms with van der Waals surface area (Å²) in [5, 5.41) is 18.9. The molecule has 2 rings (SSSR count). The van der Waals surface area contributed by atoms with Gasteiger partial charge in [0, 0.05) is 5.56 Å². The van der Waals surface area contributed by atoms with Crippen molar-refractivity contribution < 1.29 is 14.2 Å². The van der Waals surface area contributed by atoms with Gasteiger partial charge in [-0.15, -0.1) is 0 Å². The topological polar surface area (TPSA) is 53.2 Å². The summed E-state index contributed by atoms with van der Waals surface area (Å²) in [6, 6.07) is 11.5. The largest absolute Gasteiger partial charge is 0.508 e. The van der Waals surface area contributed by atoms with Gasteiger partial charge in [-0.2, -0.15) is 5.26 Å². The lowest BCUT2D eigenvalue weighted by Crippen LogP contribution is -2.12. The molecule has 0 atom stereocenters. The molecule has 3 nitrogen and oxygen atoms in total.